The van der Waals surface area contributed by atoms with E-state index in [9.17, 15) is 4.39 Å². The molecule has 0 aromatic heterocycles. The second-order valence-electron chi connectivity index (χ2n) is 3.66. The lowest BCUT2D eigenvalue weighted by molar-refractivity contribution is 0.523. The highest BCUT2D eigenvalue weighted by molar-refractivity contribution is 7.99. The van der Waals surface area contributed by atoms with E-state index in [-0.39, 0.29) is 11.9 Å². The molecule has 1 N–H and O–H groups in total. The van der Waals surface area contributed by atoms with Crippen LogP contribution >= 0.6 is 11.8 Å². The zero-order chi connectivity index (χ0) is 11.4. The Morgan fingerprint density at radius 2 is 2.44 bits per heavy atom. The van der Waals surface area contributed by atoms with Gasteiger partial charge in [-0.2, -0.15) is 0 Å². The Kier molecular flexibility index (Phi) is 3.87. The first-order chi connectivity index (χ1) is 7.83. The summed E-state index contributed by atoms with van der Waals surface area (Å²) in [7, 11) is 0. The first-order valence-corrected chi connectivity index (χ1v) is 6.35. The van der Waals surface area contributed by atoms with E-state index in [2.05, 4.69) is 17.2 Å². The average Bonchev–Trinajstić information content (AvgIpc) is 2.31. The summed E-state index contributed by atoms with van der Waals surface area (Å²) in [6, 6.07) is 5.55. The molecule has 1 nitrogen and oxygen atoms in total. The third kappa shape index (κ3) is 2.40. The second-order valence-corrected chi connectivity index (χ2v) is 4.76. The van der Waals surface area contributed by atoms with Crippen molar-refractivity contribution < 1.29 is 4.39 Å². The molecule has 0 fully saturated rings. The number of hydrogen-bond acceptors (Lipinski definition) is 2. The largest absolute Gasteiger partial charge is 0.299 e. The lowest BCUT2D eigenvalue weighted by Crippen LogP contribution is -2.25. The highest BCUT2D eigenvalue weighted by Crippen LogP contribution is 2.37. The first-order valence-electron chi connectivity index (χ1n) is 5.37. The summed E-state index contributed by atoms with van der Waals surface area (Å²) >= 11 is 1.61. The van der Waals surface area contributed by atoms with Crippen molar-refractivity contribution in [2.75, 3.05) is 12.3 Å². The molecule has 0 amide bonds. The van der Waals surface area contributed by atoms with E-state index in [1.165, 1.54) is 6.07 Å². The normalized spacial score (nSPS) is 18.5. The maximum atomic E-state index is 13.6. The van der Waals surface area contributed by atoms with Crippen LogP contribution in [0.4, 0.5) is 4.39 Å². The Morgan fingerprint density at radius 1 is 1.56 bits per heavy atom. The monoisotopic (exact) mass is 235 g/mol. The Balaban J connectivity index is 2.18. The molecule has 2 rings (SSSR count). The molecule has 0 spiro atoms. The molecule has 84 valence electrons. The Hall–Kier alpha value is -0.980. The minimum Gasteiger partial charge on any atom is -0.299 e. The average molecular weight is 235 g/mol. The van der Waals surface area contributed by atoms with Crippen LogP contribution in [0.15, 0.2) is 23.1 Å². The SMILES string of the molecule is CC#CCNC1CCSc2c(F)cccc21. The zero-order valence-corrected chi connectivity index (χ0v) is 10.0. The fraction of sp³-hybridized carbons (Fsp3) is 0.385. The lowest BCUT2D eigenvalue weighted by atomic mass is 10.0. The van der Waals surface area contributed by atoms with Crippen molar-refractivity contribution >= 4 is 11.8 Å². The number of rotatable bonds is 2. The van der Waals surface area contributed by atoms with Crippen molar-refractivity contribution in [3.8, 4) is 11.8 Å². The molecule has 1 heterocycles. The number of hydrogen-bond donors (Lipinski definition) is 1. The molecule has 0 saturated carbocycles. The maximum Gasteiger partial charge on any atom is 0.137 e. The standard InChI is InChI=1S/C13H14FNS/c1-2-3-8-15-12-7-9-16-13-10(12)5-4-6-11(13)14/h4-6,12,15H,7-9H2,1H3. The van der Waals surface area contributed by atoms with Gasteiger partial charge in [-0.3, -0.25) is 5.32 Å². The van der Waals surface area contributed by atoms with Crippen LogP contribution in [0.25, 0.3) is 0 Å². The van der Waals surface area contributed by atoms with E-state index in [1.807, 2.05) is 13.0 Å². The Bertz CT molecular complexity index is 433. The van der Waals surface area contributed by atoms with Gasteiger partial charge < -0.3 is 0 Å². The predicted octanol–water partition coefficient (Wildman–Crippen LogP) is 2.98. The summed E-state index contributed by atoms with van der Waals surface area (Å²) < 4.78 is 13.6. The topological polar surface area (TPSA) is 12.0 Å². The van der Waals surface area contributed by atoms with Crippen LogP contribution in [-0.4, -0.2) is 12.3 Å². The molecule has 1 aliphatic heterocycles. The van der Waals surface area contributed by atoms with Gasteiger partial charge in [0.15, 0.2) is 0 Å². The van der Waals surface area contributed by atoms with Crippen molar-refractivity contribution in [3.63, 3.8) is 0 Å². The minimum absolute atomic E-state index is 0.101. The molecule has 16 heavy (non-hydrogen) atoms. The van der Waals surface area contributed by atoms with Crippen molar-refractivity contribution in [1.82, 2.24) is 5.32 Å². The summed E-state index contributed by atoms with van der Waals surface area (Å²) in [6.45, 7) is 2.49. The van der Waals surface area contributed by atoms with E-state index in [1.54, 1.807) is 17.8 Å². The second kappa shape index (κ2) is 5.38. The third-order valence-electron chi connectivity index (χ3n) is 2.64. The number of thioether (sulfide) groups is 1. The predicted molar refractivity (Wildman–Crippen MR) is 65.9 cm³/mol. The number of nitrogens with one attached hydrogen (secondary N) is 1. The summed E-state index contributed by atoms with van der Waals surface area (Å²) in [5.41, 5.74) is 1.08. The molecule has 1 aliphatic rings. The zero-order valence-electron chi connectivity index (χ0n) is 9.22. The molecule has 1 atom stereocenters. The fourth-order valence-corrected chi connectivity index (χ4v) is 3.00. The van der Waals surface area contributed by atoms with Crippen LogP contribution in [0.5, 0.6) is 0 Å². The van der Waals surface area contributed by atoms with Crippen LogP contribution < -0.4 is 5.32 Å². The summed E-state index contributed by atoms with van der Waals surface area (Å²) in [5.74, 6) is 6.69. The van der Waals surface area contributed by atoms with Gasteiger partial charge in [-0.05, 0) is 30.7 Å². The van der Waals surface area contributed by atoms with Crippen LogP contribution in [0, 0.1) is 17.7 Å². The highest BCUT2D eigenvalue weighted by Gasteiger charge is 2.22. The van der Waals surface area contributed by atoms with E-state index in [0.29, 0.717) is 6.54 Å². The molecule has 0 bridgehead atoms. The van der Waals surface area contributed by atoms with Gasteiger partial charge in [0.25, 0.3) is 0 Å². The Labute approximate surface area is 99.8 Å². The van der Waals surface area contributed by atoms with Gasteiger partial charge in [-0.25, -0.2) is 4.39 Å². The van der Waals surface area contributed by atoms with E-state index < -0.39 is 0 Å². The highest BCUT2D eigenvalue weighted by atomic mass is 32.2. The van der Waals surface area contributed by atoms with Crippen molar-refractivity contribution in [2.45, 2.75) is 24.3 Å². The van der Waals surface area contributed by atoms with Crippen LogP contribution in [-0.2, 0) is 0 Å². The van der Waals surface area contributed by atoms with Crippen LogP contribution in [0.3, 0.4) is 0 Å². The quantitative estimate of drug-likeness (QED) is 0.791. The third-order valence-corrected chi connectivity index (χ3v) is 3.80. The van der Waals surface area contributed by atoms with Gasteiger partial charge in [0.1, 0.15) is 5.82 Å². The van der Waals surface area contributed by atoms with Crippen molar-refractivity contribution in [2.24, 2.45) is 0 Å². The molecule has 0 aliphatic carbocycles. The molecule has 0 saturated heterocycles. The molecule has 1 unspecified atom stereocenters. The summed E-state index contributed by atoms with van der Waals surface area (Å²) in [6.07, 6.45) is 1.03. The van der Waals surface area contributed by atoms with Gasteiger partial charge in [0.05, 0.1) is 6.54 Å². The Morgan fingerprint density at radius 3 is 3.25 bits per heavy atom. The molecule has 0 radical (unpaired) electrons. The lowest BCUT2D eigenvalue weighted by Gasteiger charge is -2.25. The first kappa shape index (κ1) is 11.5. The maximum absolute atomic E-state index is 13.6. The van der Waals surface area contributed by atoms with Gasteiger partial charge in [-0.1, -0.05) is 18.1 Å². The number of halogens is 1. The van der Waals surface area contributed by atoms with E-state index in [4.69, 9.17) is 0 Å². The van der Waals surface area contributed by atoms with Gasteiger partial charge >= 0.3 is 0 Å². The van der Waals surface area contributed by atoms with Gasteiger partial charge in [-0.15, -0.1) is 17.7 Å². The van der Waals surface area contributed by atoms with Crippen molar-refractivity contribution in [3.05, 3.63) is 29.6 Å². The molecular weight excluding hydrogens is 221 g/mol. The minimum atomic E-state index is -0.101. The van der Waals surface area contributed by atoms with Gasteiger partial charge in [0.2, 0.25) is 0 Å². The fourth-order valence-electron chi connectivity index (χ4n) is 1.86. The smallest absolute Gasteiger partial charge is 0.137 e. The number of fused-ring (bicyclic) bond motifs is 1. The van der Waals surface area contributed by atoms with E-state index >= 15 is 0 Å². The van der Waals surface area contributed by atoms with Crippen LogP contribution in [0.1, 0.15) is 24.9 Å². The summed E-state index contributed by atoms with van der Waals surface area (Å²) in [5, 5.41) is 3.35. The van der Waals surface area contributed by atoms with Gasteiger partial charge in [0, 0.05) is 10.9 Å². The molecule has 3 heteroatoms. The number of benzene rings is 1. The molecular formula is C13H14FNS. The van der Waals surface area contributed by atoms with E-state index in [0.717, 1.165) is 22.6 Å². The van der Waals surface area contributed by atoms with Crippen LogP contribution in [0.2, 0.25) is 0 Å². The molecule has 1 aromatic rings. The molecule has 1 aromatic carbocycles. The van der Waals surface area contributed by atoms with Crippen molar-refractivity contribution in [1.29, 1.82) is 0 Å². The summed E-state index contributed by atoms with van der Waals surface area (Å²) in [4.78, 5) is 0.802.